The van der Waals surface area contributed by atoms with Gasteiger partial charge < -0.3 is 19.9 Å². The van der Waals surface area contributed by atoms with Gasteiger partial charge in [0.1, 0.15) is 5.75 Å². The van der Waals surface area contributed by atoms with Crippen molar-refractivity contribution in [3.8, 4) is 17.2 Å². The Labute approximate surface area is 189 Å². The highest BCUT2D eigenvalue weighted by Gasteiger charge is 2.16. The molecule has 0 saturated carbocycles. The second-order valence-electron chi connectivity index (χ2n) is 6.51. The van der Waals surface area contributed by atoms with E-state index in [1.165, 1.54) is 56.8 Å². The molecule has 9 heteroatoms. The number of phenolic OH excluding ortho intramolecular Hbond substituents is 1. The predicted molar refractivity (Wildman–Crippen MR) is 122 cm³/mol. The molecule has 164 valence electrons. The number of phenols is 1. The van der Waals surface area contributed by atoms with Crippen LogP contribution in [0.1, 0.15) is 26.3 Å². The molecule has 0 aliphatic carbocycles. The minimum atomic E-state index is -0.555. The summed E-state index contributed by atoms with van der Waals surface area (Å²) in [6.07, 6.45) is 1.38. The van der Waals surface area contributed by atoms with Crippen LogP contribution in [0.15, 0.2) is 65.8 Å². The SMILES string of the molecule is COc1ccc(C(=O)Nc2cc(Cl)ccc2C(=O)N/N=C/c2cccc(O)c2)cc1OC. The summed E-state index contributed by atoms with van der Waals surface area (Å²) in [4.78, 5) is 25.4. The van der Waals surface area contributed by atoms with Crippen LogP contribution in [0.25, 0.3) is 0 Å². The first-order valence-electron chi connectivity index (χ1n) is 9.36. The zero-order valence-corrected chi connectivity index (χ0v) is 18.0. The van der Waals surface area contributed by atoms with E-state index < -0.39 is 11.8 Å². The smallest absolute Gasteiger partial charge is 0.273 e. The summed E-state index contributed by atoms with van der Waals surface area (Å²) in [5.41, 5.74) is 3.67. The summed E-state index contributed by atoms with van der Waals surface area (Å²) in [5, 5.41) is 16.4. The standard InChI is InChI=1S/C23H20ClN3O5/c1-31-20-9-6-15(11-21(20)32-2)22(29)26-19-12-16(24)7-8-18(19)23(30)27-25-13-14-4-3-5-17(28)10-14/h3-13,28H,1-2H3,(H,26,29)(H,27,30)/b25-13+. The summed E-state index contributed by atoms with van der Waals surface area (Å²) in [6, 6.07) is 15.6. The fourth-order valence-corrected chi connectivity index (χ4v) is 2.99. The molecule has 0 aromatic heterocycles. The molecule has 32 heavy (non-hydrogen) atoms. The van der Waals surface area contributed by atoms with Crippen LogP contribution in [-0.2, 0) is 0 Å². The number of hydrogen-bond acceptors (Lipinski definition) is 6. The van der Waals surface area contributed by atoms with Gasteiger partial charge in [-0.15, -0.1) is 0 Å². The Morgan fingerprint density at radius 1 is 0.969 bits per heavy atom. The highest BCUT2D eigenvalue weighted by Crippen LogP contribution is 2.28. The maximum Gasteiger partial charge on any atom is 0.273 e. The number of carbonyl (C=O) groups excluding carboxylic acids is 2. The van der Waals surface area contributed by atoms with Crippen molar-refractivity contribution in [2.75, 3.05) is 19.5 Å². The van der Waals surface area contributed by atoms with E-state index in [2.05, 4.69) is 15.8 Å². The minimum Gasteiger partial charge on any atom is -0.508 e. The van der Waals surface area contributed by atoms with E-state index in [1.54, 1.807) is 24.3 Å². The number of nitrogens with zero attached hydrogens (tertiary/aromatic N) is 1. The molecule has 0 unspecified atom stereocenters. The largest absolute Gasteiger partial charge is 0.508 e. The monoisotopic (exact) mass is 453 g/mol. The first-order valence-corrected chi connectivity index (χ1v) is 9.74. The van der Waals surface area contributed by atoms with Crippen molar-refractivity contribution in [2.24, 2.45) is 5.10 Å². The Bertz CT molecular complexity index is 1180. The maximum atomic E-state index is 12.8. The highest BCUT2D eigenvalue weighted by molar-refractivity contribution is 6.31. The van der Waals surface area contributed by atoms with Crippen molar-refractivity contribution < 1.29 is 24.2 Å². The number of methoxy groups -OCH3 is 2. The van der Waals surface area contributed by atoms with Gasteiger partial charge in [-0.25, -0.2) is 5.43 Å². The lowest BCUT2D eigenvalue weighted by molar-refractivity contribution is 0.0956. The van der Waals surface area contributed by atoms with Gasteiger partial charge in [0, 0.05) is 10.6 Å². The van der Waals surface area contributed by atoms with Crippen molar-refractivity contribution in [3.05, 3.63) is 82.4 Å². The molecule has 0 atom stereocenters. The topological polar surface area (TPSA) is 109 Å². The molecular weight excluding hydrogens is 434 g/mol. The first kappa shape index (κ1) is 22.6. The van der Waals surface area contributed by atoms with Gasteiger partial charge in [-0.05, 0) is 54.1 Å². The van der Waals surface area contributed by atoms with Crippen LogP contribution in [0.2, 0.25) is 5.02 Å². The predicted octanol–water partition coefficient (Wildman–Crippen LogP) is 4.08. The number of aromatic hydroxyl groups is 1. The third-order valence-electron chi connectivity index (χ3n) is 4.37. The number of halogens is 1. The van der Waals surface area contributed by atoms with E-state index >= 15 is 0 Å². The zero-order valence-electron chi connectivity index (χ0n) is 17.3. The number of benzene rings is 3. The average molecular weight is 454 g/mol. The molecule has 3 aromatic carbocycles. The zero-order chi connectivity index (χ0) is 23.1. The van der Waals surface area contributed by atoms with E-state index in [-0.39, 0.29) is 17.0 Å². The number of carbonyl (C=O) groups is 2. The molecule has 3 aromatic rings. The lowest BCUT2D eigenvalue weighted by atomic mass is 10.1. The maximum absolute atomic E-state index is 12.8. The van der Waals surface area contributed by atoms with Crippen molar-refractivity contribution in [1.29, 1.82) is 0 Å². The lowest BCUT2D eigenvalue weighted by Gasteiger charge is -2.12. The molecule has 0 bridgehead atoms. The van der Waals surface area contributed by atoms with E-state index in [0.29, 0.717) is 27.6 Å². The van der Waals surface area contributed by atoms with Crippen molar-refractivity contribution >= 4 is 35.3 Å². The van der Waals surface area contributed by atoms with Crippen LogP contribution < -0.4 is 20.2 Å². The summed E-state index contributed by atoms with van der Waals surface area (Å²) in [7, 11) is 2.97. The van der Waals surface area contributed by atoms with Gasteiger partial charge in [0.15, 0.2) is 11.5 Å². The van der Waals surface area contributed by atoms with E-state index in [0.717, 1.165) is 0 Å². The van der Waals surface area contributed by atoms with Crippen LogP contribution in [0.4, 0.5) is 5.69 Å². The molecule has 0 fully saturated rings. The van der Waals surface area contributed by atoms with Crippen molar-refractivity contribution in [3.63, 3.8) is 0 Å². The second kappa shape index (κ2) is 10.3. The average Bonchev–Trinajstić information content (AvgIpc) is 2.78. The molecule has 0 aliphatic rings. The quantitative estimate of drug-likeness (QED) is 0.369. The van der Waals surface area contributed by atoms with Crippen LogP contribution in [0.3, 0.4) is 0 Å². The normalized spacial score (nSPS) is 10.6. The van der Waals surface area contributed by atoms with Crippen LogP contribution >= 0.6 is 11.6 Å². The Hall–Kier alpha value is -4.04. The Balaban J connectivity index is 1.78. The van der Waals surface area contributed by atoms with Crippen LogP contribution in [0.5, 0.6) is 17.2 Å². The Morgan fingerprint density at radius 3 is 2.47 bits per heavy atom. The van der Waals surface area contributed by atoms with Gasteiger partial charge >= 0.3 is 0 Å². The van der Waals surface area contributed by atoms with E-state index in [4.69, 9.17) is 21.1 Å². The molecule has 2 amide bonds. The fraction of sp³-hybridized carbons (Fsp3) is 0.0870. The summed E-state index contributed by atoms with van der Waals surface area (Å²) >= 11 is 6.06. The summed E-state index contributed by atoms with van der Waals surface area (Å²) in [6.45, 7) is 0. The molecule has 0 spiro atoms. The van der Waals surface area contributed by atoms with Gasteiger partial charge in [0.2, 0.25) is 0 Å². The third-order valence-corrected chi connectivity index (χ3v) is 4.61. The van der Waals surface area contributed by atoms with Crippen molar-refractivity contribution in [2.45, 2.75) is 0 Å². The van der Waals surface area contributed by atoms with E-state index in [1.807, 2.05) is 0 Å². The number of rotatable bonds is 7. The molecular formula is C23H20ClN3O5. The summed E-state index contributed by atoms with van der Waals surface area (Å²) < 4.78 is 10.4. The van der Waals surface area contributed by atoms with Gasteiger partial charge in [0.05, 0.1) is 31.7 Å². The molecule has 0 radical (unpaired) electrons. The first-order chi connectivity index (χ1) is 15.4. The molecule has 3 N–H and O–H groups in total. The van der Waals surface area contributed by atoms with Gasteiger partial charge in [-0.1, -0.05) is 23.7 Å². The molecule has 0 heterocycles. The van der Waals surface area contributed by atoms with Crippen LogP contribution in [-0.4, -0.2) is 37.4 Å². The summed E-state index contributed by atoms with van der Waals surface area (Å²) in [5.74, 6) is -0.0636. The third kappa shape index (κ3) is 5.55. The highest BCUT2D eigenvalue weighted by atomic mass is 35.5. The Morgan fingerprint density at radius 2 is 1.75 bits per heavy atom. The van der Waals surface area contributed by atoms with Gasteiger partial charge in [-0.2, -0.15) is 5.10 Å². The fourth-order valence-electron chi connectivity index (χ4n) is 2.82. The van der Waals surface area contributed by atoms with E-state index in [9.17, 15) is 14.7 Å². The van der Waals surface area contributed by atoms with Gasteiger partial charge in [-0.3, -0.25) is 9.59 Å². The van der Waals surface area contributed by atoms with Gasteiger partial charge in [0.25, 0.3) is 11.8 Å². The molecule has 8 nitrogen and oxygen atoms in total. The number of nitrogens with one attached hydrogen (secondary N) is 2. The molecule has 0 saturated heterocycles. The molecule has 3 rings (SSSR count). The van der Waals surface area contributed by atoms with Crippen molar-refractivity contribution in [1.82, 2.24) is 5.43 Å². The number of anilines is 1. The number of ether oxygens (including phenoxy) is 2. The number of hydrogen-bond donors (Lipinski definition) is 3. The minimum absolute atomic E-state index is 0.0816. The lowest BCUT2D eigenvalue weighted by Crippen LogP contribution is -2.21. The number of hydrazone groups is 1. The molecule has 0 aliphatic heterocycles. The number of amides is 2. The Kier molecular flexibility index (Phi) is 7.30. The van der Waals surface area contributed by atoms with Crippen LogP contribution in [0, 0.1) is 0 Å². The second-order valence-corrected chi connectivity index (χ2v) is 6.94.